The molecule has 0 amide bonds. The number of hydrogen-bond acceptors (Lipinski definition) is 4. The van der Waals surface area contributed by atoms with Crippen LogP contribution in [0.3, 0.4) is 0 Å². The summed E-state index contributed by atoms with van der Waals surface area (Å²) in [6.45, 7) is 2.12. The Morgan fingerprint density at radius 3 is 2.59 bits per heavy atom. The van der Waals surface area contributed by atoms with E-state index in [-0.39, 0.29) is 0 Å². The lowest BCUT2D eigenvalue weighted by Gasteiger charge is -2.19. The Morgan fingerprint density at radius 2 is 1.82 bits per heavy atom. The average molecular weight is 235 g/mol. The van der Waals surface area contributed by atoms with Crippen LogP contribution in [-0.4, -0.2) is 23.2 Å². The molecule has 4 heteroatoms. The molecule has 0 aromatic carbocycles. The Kier molecular flexibility index (Phi) is 3.41. The fraction of sp³-hybridized carbons (Fsp3) is 0.846. The first kappa shape index (κ1) is 11.2. The predicted octanol–water partition coefficient (Wildman–Crippen LogP) is 2.58. The topological polar surface area (TPSA) is 51.0 Å². The molecule has 1 aliphatic heterocycles. The number of nitrogens with zero attached hydrogens (tertiary/aromatic N) is 2. The third-order valence-corrected chi connectivity index (χ3v) is 4.07. The molecule has 0 radical (unpaired) electrons. The van der Waals surface area contributed by atoms with Gasteiger partial charge < -0.3 is 9.84 Å². The highest BCUT2D eigenvalue weighted by atomic mass is 16.5. The van der Waals surface area contributed by atoms with Crippen molar-refractivity contribution < 1.29 is 4.52 Å². The molecule has 4 nitrogen and oxygen atoms in total. The van der Waals surface area contributed by atoms with Gasteiger partial charge in [-0.1, -0.05) is 24.4 Å². The molecule has 1 aliphatic carbocycles. The SMILES string of the molecule is C1CCC(c2noc([C@@H]3CCCNC3)n2)CC1. The van der Waals surface area contributed by atoms with Crippen molar-refractivity contribution in [3.63, 3.8) is 0 Å². The van der Waals surface area contributed by atoms with Crippen molar-refractivity contribution in [2.45, 2.75) is 56.8 Å². The maximum absolute atomic E-state index is 5.46. The zero-order valence-corrected chi connectivity index (χ0v) is 10.3. The lowest BCUT2D eigenvalue weighted by Crippen LogP contribution is -2.28. The summed E-state index contributed by atoms with van der Waals surface area (Å²) < 4.78 is 5.46. The van der Waals surface area contributed by atoms with E-state index in [1.165, 1.54) is 44.9 Å². The maximum Gasteiger partial charge on any atom is 0.231 e. The molecule has 2 aliphatic rings. The van der Waals surface area contributed by atoms with Crippen molar-refractivity contribution >= 4 is 0 Å². The fourth-order valence-corrected chi connectivity index (χ4v) is 3.00. The lowest BCUT2D eigenvalue weighted by molar-refractivity contribution is 0.316. The van der Waals surface area contributed by atoms with Gasteiger partial charge in [0.1, 0.15) is 0 Å². The van der Waals surface area contributed by atoms with Crippen LogP contribution in [0.2, 0.25) is 0 Å². The Morgan fingerprint density at radius 1 is 1.00 bits per heavy atom. The van der Waals surface area contributed by atoms with Gasteiger partial charge in [-0.05, 0) is 32.2 Å². The standard InChI is InChI=1S/C13H21N3O/c1-2-5-10(6-3-1)12-15-13(17-16-12)11-7-4-8-14-9-11/h10-11,14H,1-9H2/t11-/m1/s1. The van der Waals surface area contributed by atoms with Crippen molar-refractivity contribution in [3.05, 3.63) is 11.7 Å². The first-order valence-corrected chi connectivity index (χ1v) is 6.97. The highest BCUT2D eigenvalue weighted by molar-refractivity contribution is 5.01. The van der Waals surface area contributed by atoms with Crippen LogP contribution in [0.25, 0.3) is 0 Å². The molecule has 1 N–H and O–H groups in total. The molecule has 0 bridgehead atoms. The predicted molar refractivity (Wildman–Crippen MR) is 65.0 cm³/mol. The van der Waals surface area contributed by atoms with E-state index in [0.717, 1.165) is 24.8 Å². The molecule has 17 heavy (non-hydrogen) atoms. The van der Waals surface area contributed by atoms with E-state index in [2.05, 4.69) is 15.5 Å². The van der Waals surface area contributed by atoms with Crippen LogP contribution in [0, 0.1) is 0 Å². The highest BCUT2D eigenvalue weighted by Gasteiger charge is 2.25. The zero-order chi connectivity index (χ0) is 11.5. The largest absolute Gasteiger partial charge is 0.339 e. The molecule has 1 atom stereocenters. The molecule has 2 heterocycles. The van der Waals surface area contributed by atoms with Gasteiger partial charge in [-0.15, -0.1) is 0 Å². The van der Waals surface area contributed by atoms with Crippen LogP contribution in [0.1, 0.15) is 68.5 Å². The van der Waals surface area contributed by atoms with Crippen molar-refractivity contribution in [2.24, 2.45) is 0 Å². The third kappa shape index (κ3) is 2.51. The van der Waals surface area contributed by atoms with Crippen molar-refractivity contribution in [1.29, 1.82) is 0 Å². The van der Waals surface area contributed by atoms with Crippen LogP contribution in [0.5, 0.6) is 0 Å². The van der Waals surface area contributed by atoms with Gasteiger partial charge in [0, 0.05) is 12.5 Å². The summed E-state index contributed by atoms with van der Waals surface area (Å²) in [7, 11) is 0. The summed E-state index contributed by atoms with van der Waals surface area (Å²) in [6, 6.07) is 0. The first-order chi connectivity index (χ1) is 8.43. The summed E-state index contributed by atoms with van der Waals surface area (Å²) in [5, 5.41) is 7.60. The monoisotopic (exact) mass is 235 g/mol. The van der Waals surface area contributed by atoms with Gasteiger partial charge in [-0.25, -0.2) is 0 Å². The summed E-state index contributed by atoms with van der Waals surface area (Å²) >= 11 is 0. The molecule has 1 aromatic heterocycles. The van der Waals surface area contributed by atoms with Gasteiger partial charge in [0.25, 0.3) is 0 Å². The average Bonchev–Trinajstić information content (AvgIpc) is 2.90. The van der Waals surface area contributed by atoms with Crippen LogP contribution in [-0.2, 0) is 0 Å². The number of aromatic nitrogens is 2. The van der Waals surface area contributed by atoms with E-state index in [0.29, 0.717) is 11.8 Å². The Labute approximate surface area is 102 Å². The van der Waals surface area contributed by atoms with Gasteiger partial charge in [-0.2, -0.15) is 4.98 Å². The van der Waals surface area contributed by atoms with Crippen molar-refractivity contribution in [1.82, 2.24) is 15.5 Å². The molecule has 0 spiro atoms. The molecule has 94 valence electrons. The molecular formula is C13H21N3O. The normalized spacial score (nSPS) is 27.2. The van der Waals surface area contributed by atoms with Crippen LogP contribution in [0.15, 0.2) is 4.52 Å². The van der Waals surface area contributed by atoms with Gasteiger partial charge in [0.05, 0.1) is 5.92 Å². The minimum atomic E-state index is 0.439. The summed E-state index contributed by atoms with van der Waals surface area (Å²) in [4.78, 5) is 4.64. The number of rotatable bonds is 2. The Bertz CT molecular complexity index is 319. The van der Waals surface area contributed by atoms with Gasteiger partial charge in [-0.3, -0.25) is 0 Å². The van der Waals surface area contributed by atoms with E-state index in [4.69, 9.17) is 4.52 Å². The highest BCUT2D eigenvalue weighted by Crippen LogP contribution is 2.32. The van der Waals surface area contributed by atoms with E-state index < -0.39 is 0 Å². The zero-order valence-electron chi connectivity index (χ0n) is 10.3. The molecule has 3 rings (SSSR count). The molecule has 1 saturated heterocycles. The first-order valence-electron chi connectivity index (χ1n) is 6.97. The van der Waals surface area contributed by atoms with Gasteiger partial charge in [0.15, 0.2) is 5.82 Å². The van der Waals surface area contributed by atoms with Crippen molar-refractivity contribution in [2.75, 3.05) is 13.1 Å². The minimum absolute atomic E-state index is 0.439. The minimum Gasteiger partial charge on any atom is -0.339 e. The van der Waals surface area contributed by atoms with Gasteiger partial charge in [0.2, 0.25) is 5.89 Å². The molecule has 0 unspecified atom stereocenters. The van der Waals surface area contributed by atoms with E-state index >= 15 is 0 Å². The summed E-state index contributed by atoms with van der Waals surface area (Å²) in [5.41, 5.74) is 0. The lowest BCUT2D eigenvalue weighted by atomic mass is 9.89. The Hall–Kier alpha value is -0.900. The van der Waals surface area contributed by atoms with Crippen molar-refractivity contribution in [3.8, 4) is 0 Å². The fourth-order valence-electron chi connectivity index (χ4n) is 3.00. The van der Waals surface area contributed by atoms with E-state index in [1.54, 1.807) is 0 Å². The van der Waals surface area contributed by atoms with Crippen LogP contribution >= 0.6 is 0 Å². The third-order valence-electron chi connectivity index (χ3n) is 4.07. The van der Waals surface area contributed by atoms with Crippen LogP contribution < -0.4 is 5.32 Å². The Balaban J connectivity index is 1.68. The molecule has 1 aromatic rings. The van der Waals surface area contributed by atoms with E-state index in [9.17, 15) is 0 Å². The summed E-state index contributed by atoms with van der Waals surface area (Å²) in [5.74, 6) is 2.81. The number of piperidine rings is 1. The molecule has 1 saturated carbocycles. The second-order valence-electron chi connectivity index (χ2n) is 5.37. The maximum atomic E-state index is 5.46. The number of hydrogen-bond donors (Lipinski definition) is 1. The van der Waals surface area contributed by atoms with Crippen LogP contribution in [0.4, 0.5) is 0 Å². The summed E-state index contributed by atoms with van der Waals surface area (Å²) in [6.07, 6.45) is 8.88. The second kappa shape index (κ2) is 5.17. The van der Waals surface area contributed by atoms with Gasteiger partial charge >= 0.3 is 0 Å². The quantitative estimate of drug-likeness (QED) is 0.856. The smallest absolute Gasteiger partial charge is 0.231 e. The van der Waals surface area contributed by atoms with E-state index in [1.807, 2.05) is 0 Å². The number of nitrogens with one attached hydrogen (secondary N) is 1. The molecular weight excluding hydrogens is 214 g/mol. The second-order valence-corrected chi connectivity index (χ2v) is 5.37. The molecule has 2 fully saturated rings.